The molecule has 0 bridgehead atoms. The van der Waals surface area contributed by atoms with Crippen molar-refractivity contribution in [2.75, 3.05) is 39.9 Å². The number of likely N-dealkylation sites (tertiary alicyclic amines) is 1. The van der Waals surface area contributed by atoms with Gasteiger partial charge in [-0.3, -0.25) is 9.89 Å². The minimum absolute atomic E-state index is 0.779. The molecule has 0 aliphatic carbocycles. The van der Waals surface area contributed by atoms with Crippen LogP contribution in [0.3, 0.4) is 0 Å². The van der Waals surface area contributed by atoms with Crippen molar-refractivity contribution in [3.8, 4) is 0 Å². The summed E-state index contributed by atoms with van der Waals surface area (Å²) in [6.45, 7) is 8.82. The molecule has 0 aromatic heterocycles. The van der Waals surface area contributed by atoms with Crippen molar-refractivity contribution in [3.05, 3.63) is 35.4 Å². The molecule has 2 N–H and O–H groups in total. The maximum atomic E-state index is 5.35. The Morgan fingerprint density at radius 3 is 2.38 bits per heavy atom. The van der Waals surface area contributed by atoms with Crippen molar-refractivity contribution < 1.29 is 4.74 Å². The summed E-state index contributed by atoms with van der Waals surface area (Å²) in [6, 6.07) is 8.98. The third-order valence-electron chi connectivity index (χ3n) is 4.77. The van der Waals surface area contributed by atoms with Gasteiger partial charge in [0.2, 0.25) is 0 Å². The van der Waals surface area contributed by atoms with Gasteiger partial charge in [-0.15, -0.1) is 0 Å². The zero-order chi connectivity index (χ0) is 18.5. The Hall–Kier alpha value is -1.59. The number of ether oxygens (including phenoxy) is 1. The molecular weight excluding hydrogens is 324 g/mol. The minimum atomic E-state index is 0.779. The van der Waals surface area contributed by atoms with Crippen LogP contribution in [0.25, 0.3) is 0 Å². The fraction of sp³-hybridized carbons (Fsp3) is 0.667. The summed E-state index contributed by atoms with van der Waals surface area (Å²) in [4.78, 5) is 6.86. The van der Waals surface area contributed by atoms with E-state index in [4.69, 9.17) is 4.74 Å². The number of rotatable bonds is 9. The van der Waals surface area contributed by atoms with E-state index in [0.29, 0.717) is 0 Å². The Morgan fingerprint density at radius 2 is 1.73 bits per heavy atom. The van der Waals surface area contributed by atoms with Crippen LogP contribution in [-0.2, 0) is 17.8 Å². The minimum Gasteiger partial charge on any atom is -0.382 e. The maximum absolute atomic E-state index is 5.35. The van der Waals surface area contributed by atoms with Crippen LogP contribution in [0.4, 0.5) is 0 Å². The molecular formula is C21H36N4O. The van der Waals surface area contributed by atoms with E-state index in [1.807, 2.05) is 14.0 Å². The Kier molecular flexibility index (Phi) is 10.1. The second kappa shape index (κ2) is 12.7. The van der Waals surface area contributed by atoms with Crippen molar-refractivity contribution in [1.29, 1.82) is 0 Å². The normalized spacial score (nSPS) is 16.3. The topological polar surface area (TPSA) is 48.9 Å². The Bertz CT molecular complexity index is 507. The smallest absolute Gasteiger partial charge is 0.191 e. The van der Waals surface area contributed by atoms with E-state index in [0.717, 1.165) is 45.2 Å². The Morgan fingerprint density at radius 1 is 1.04 bits per heavy atom. The number of hydrogen-bond donors (Lipinski definition) is 2. The summed E-state index contributed by atoms with van der Waals surface area (Å²) >= 11 is 0. The first kappa shape index (κ1) is 20.7. The number of aliphatic imine (C=N–C) groups is 1. The summed E-state index contributed by atoms with van der Waals surface area (Å²) < 4.78 is 5.35. The largest absolute Gasteiger partial charge is 0.382 e. The van der Waals surface area contributed by atoms with Crippen molar-refractivity contribution in [1.82, 2.24) is 15.5 Å². The molecule has 0 saturated carbocycles. The van der Waals surface area contributed by atoms with Crippen molar-refractivity contribution in [2.24, 2.45) is 4.99 Å². The standard InChI is InChI=1S/C21H36N4O/c1-3-26-16-8-13-23-21(22-2)24-17-19-9-11-20(12-10-19)18-25-14-6-4-5-7-15-25/h9-12H,3-8,13-18H2,1-2H3,(H2,22,23,24). The highest BCUT2D eigenvalue weighted by Gasteiger charge is 2.09. The van der Waals surface area contributed by atoms with Gasteiger partial charge in [0, 0.05) is 39.9 Å². The molecule has 146 valence electrons. The van der Waals surface area contributed by atoms with Gasteiger partial charge < -0.3 is 15.4 Å². The molecule has 5 heteroatoms. The molecule has 2 rings (SSSR count). The first-order valence-corrected chi connectivity index (χ1v) is 10.1. The van der Waals surface area contributed by atoms with Gasteiger partial charge in [-0.05, 0) is 50.4 Å². The fourth-order valence-electron chi connectivity index (χ4n) is 3.25. The van der Waals surface area contributed by atoms with E-state index in [-0.39, 0.29) is 0 Å². The highest BCUT2D eigenvalue weighted by Crippen LogP contribution is 2.13. The summed E-state index contributed by atoms with van der Waals surface area (Å²) in [7, 11) is 1.81. The van der Waals surface area contributed by atoms with E-state index < -0.39 is 0 Å². The predicted octanol–water partition coefficient (Wildman–Crippen LogP) is 3.15. The lowest BCUT2D eigenvalue weighted by Crippen LogP contribution is -2.37. The fourth-order valence-corrected chi connectivity index (χ4v) is 3.25. The van der Waals surface area contributed by atoms with Crippen molar-refractivity contribution in [3.63, 3.8) is 0 Å². The highest BCUT2D eigenvalue weighted by molar-refractivity contribution is 5.79. The zero-order valence-electron chi connectivity index (χ0n) is 16.6. The lowest BCUT2D eigenvalue weighted by Gasteiger charge is -2.20. The van der Waals surface area contributed by atoms with Crippen molar-refractivity contribution in [2.45, 2.75) is 52.1 Å². The predicted molar refractivity (Wildman–Crippen MR) is 109 cm³/mol. The monoisotopic (exact) mass is 360 g/mol. The molecule has 26 heavy (non-hydrogen) atoms. The molecule has 1 aromatic carbocycles. The molecule has 1 saturated heterocycles. The zero-order valence-corrected chi connectivity index (χ0v) is 16.6. The van der Waals surface area contributed by atoms with E-state index in [9.17, 15) is 0 Å². The van der Waals surface area contributed by atoms with Gasteiger partial charge in [-0.1, -0.05) is 37.1 Å². The van der Waals surface area contributed by atoms with E-state index in [2.05, 4.69) is 44.8 Å². The van der Waals surface area contributed by atoms with Gasteiger partial charge in [-0.25, -0.2) is 0 Å². The molecule has 5 nitrogen and oxygen atoms in total. The molecule has 1 heterocycles. The molecule has 0 atom stereocenters. The van der Waals surface area contributed by atoms with E-state index in [1.165, 1.54) is 49.9 Å². The van der Waals surface area contributed by atoms with Gasteiger partial charge in [-0.2, -0.15) is 0 Å². The van der Waals surface area contributed by atoms with Gasteiger partial charge in [0.15, 0.2) is 5.96 Å². The average Bonchev–Trinajstić information content (AvgIpc) is 2.94. The number of nitrogens with zero attached hydrogens (tertiary/aromatic N) is 2. The van der Waals surface area contributed by atoms with Gasteiger partial charge in [0.1, 0.15) is 0 Å². The quantitative estimate of drug-likeness (QED) is 0.403. The molecule has 1 aromatic rings. The number of benzene rings is 1. The summed E-state index contributed by atoms with van der Waals surface area (Å²) in [6.07, 6.45) is 6.46. The van der Waals surface area contributed by atoms with E-state index >= 15 is 0 Å². The van der Waals surface area contributed by atoms with Crippen LogP contribution in [0.2, 0.25) is 0 Å². The average molecular weight is 361 g/mol. The van der Waals surface area contributed by atoms with Crippen LogP contribution in [-0.4, -0.2) is 50.8 Å². The van der Waals surface area contributed by atoms with Crippen LogP contribution >= 0.6 is 0 Å². The molecule has 1 aliphatic rings. The van der Waals surface area contributed by atoms with Crippen LogP contribution in [0.15, 0.2) is 29.3 Å². The third kappa shape index (κ3) is 8.19. The lowest BCUT2D eigenvalue weighted by molar-refractivity contribution is 0.145. The van der Waals surface area contributed by atoms with Crippen LogP contribution in [0.1, 0.15) is 50.2 Å². The molecule has 0 spiro atoms. The van der Waals surface area contributed by atoms with Crippen LogP contribution in [0.5, 0.6) is 0 Å². The van der Waals surface area contributed by atoms with Gasteiger partial charge in [0.05, 0.1) is 0 Å². The SMILES string of the molecule is CCOCCCNC(=NC)NCc1ccc(CN2CCCCCC2)cc1. The van der Waals surface area contributed by atoms with Crippen LogP contribution < -0.4 is 10.6 Å². The first-order chi connectivity index (χ1) is 12.8. The Labute approximate surface area is 159 Å². The molecule has 1 fully saturated rings. The summed E-state index contributed by atoms with van der Waals surface area (Å²) in [5, 5.41) is 6.70. The van der Waals surface area contributed by atoms with Crippen LogP contribution in [0, 0.1) is 0 Å². The van der Waals surface area contributed by atoms with Crippen molar-refractivity contribution >= 4 is 5.96 Å². The second-order valence-corrected chi connectivity index (χ2v) is 6.91. The molecule has 0 unspecified atom stereocenters. The molecule has 0 amide bonds. The Balaban J connectivity index is 1.70. The van der Waals surface area contributed by atoms with E-state index in [1.54, 1.807) is 0 Å². The maximum Gasteiger partial charge on any atom is 0.191 e. The van der Waals surface area contributed by atoms with Gasteiger partial charge >= 0.3 is 0 Å². The molecule has 1 aliphatic heterocycles. The summed E-state index contributed by atoms with van der Waals surface area (Å²) in [5.74, 6) is 0.843. The third-order valence-corrected chi connectivity index (χ3v) is 4.77. The first-order valence-electron chi connectivity index (χ1n) is 10.1. The number of hydrogen-bond acceptors (Lipinski definition) is 3. The second-order valence-electron chi connectivity index (χ2n) is 6.91. The summed E-state index contributed by atoms with van der Waals surface area (Å²) in [5.41, 5.74) is 2.69. The highest BCUT2D eigenvalue weighted by atomic mass is 16.5. The number of nitrogens with one attached hydrogen (secondary N) is 2. The lowest BCUT2D eigenvalue weighted by atomic mass is 10.1. The number of guanidine groups is 1. The molecule has 0 radical (unpaired) electrons. The van der Waals surface area contributed by atoms with Gasteiger partial charge in [0.25, 0.3) is 0 Å².